The molecule has 0 fully saturated rings. The van der Waals surface area contributed by atoms with Crippen molar-refractivity contribution in [2.75, 3.05) is 5.73 Å². The van der Waals surface area contributed by atoms with Gasteiger partial charge in [-0.05, 0) is 11.5 Å². The first kappa shape index (κ1) is 9.11. The van der Waals surface area contributed by atoms with Gasteiger partial charge in [0.25, 0.3) is 0 Å². The third-order valence-electron chi connectivity index (χ3n) is 1.82. The molecule has 1 nitrogen and oxygen atoms in total. The van der Waals surface area contributed by atoms with Crippen molar-refractivity contribution in [3.63, 3.8) is 0 Å². The summed E-state index contributed by atoms with van der Waals surface area (Å²) in [5.74, 6) is 0. The molecule has 2 aromatic rings. The number of nitrogen functional groups attached to an aromatic ring is 1. The first-order valence-corrected chi connectivity index (χ1v) is 3.61. The monoisotopic (exact) mass is 206 g/mol. The van der Waals surface area contributed by atoms with E-state index in [-0.39, 0.29) is 17.1 Å². The third kappa shape index (κ3) is 1.45. The van der Waals surface area contributed by atoms with Gasteiger partial charge in [0, 0.05) is 28.1 Å². The Labute approximate surface area is 82.0 Å². The van der Waals surface area contributed by atoms with Crippen LogP contribution in [-0.4, -0.2) is 0 Å². The maximum atomic E-state index is 5.76. The Morgan fingerprint density at radius 3 is 2.25 bits per heavy atom. The summed E-state index contributed by atoms with van der Waals surface area (Å²) in [5.41, 5.74) is 6.61. The van der Waals surface area contributed by atoms with E-state index >= 15 is 0 Å². The van der Waals surface area contributed by atoms with E-state index in [9.17, 15) is 0 Å². The summed E-state index contributed by atoms with van der Waals surface area (Å²) >= 11 is 0. The predicted octanol–water partition coefficient (Wildman–Crippen LogP) is 2.42. The minimum atomic E-state index is 0. The fraction of sp³-hybridized carbons (Fsp3) is 0. The number of fused-ring (bicyclic) bond motifs is 1. The molecule has 0 atom stereocenters. The first-order chi connectivity index (χ1) is 5.38. The van der Waals surface area contributed by atoms with Crippen molar-refractivity contribution < 1.29 is 17.1 Å². The van der Waals surface area contributed by atoms with E-state index in [1.807, 2.05) is 30.3 Å². The third-order valence-corrected chi connectivity index (χ3v) is 1.82. The summed E-state index contributed by atoms with van der Waals surface area (Å²) in [6, 6.07) is 14.1. The van der Waals surface area contributed by atoms with Crippen molar-refractivity contribution in [2.45, 2.75) is 0 Å². The molecular weight excluding hydrogens is 198 g/mol. The number of anilines is 1. The van der Waals surface area contributed by atoms with Crippen LogP contribution in [0, 0.1) is 0 Å². The van der Waals surface area contributed by atoms with Gasteiger partial charge in [-0.1, -0.05) is 36.4 Å². The fourth-order valence-electron chi connectivity index (χ4n) is 1.25. The average molecular weight is 207 g/mol. The Kier molecular flexibility index (Phi) is 2.74. The van der Waals surface area contributed by atoms with Crippen LogP contribution < -0.4 is 5.73 Å². The molecule has 0 spiro atoms. The van der Waals surface area contributed by atoms with E-state index in [1.165, 1.54) is 5.39 Å². The minimum absolute atomic E-state index is 0. The van der Waals surface area contributed by atoms with Gasteiger partial charge in [0.05, 0.1) is 0 Å². The minimum Gasteiger partial charge on any atom is -0.398 e. The van der Waals surface area contributed by atoms with Crippen LogP contribution in [0.2, 0.25) is 0 Å². The molecule has 0 amide bonds. The SMILES string of the molecule is Nc1cccc2ccccc12.[Cu]. The molecule has 0 aromatic heterocycles. The molecule has 0 bridgehead atoms. The second-order valence-corrected chi connectivity index (χ2v) is 2.57. The first-order valence-electron chi connectivity index (χ1n) is 3.61. The summed E-state index contributed by atoms with van der Waals surface area (Å²) in [5, 5.41) is 2.34. The van der Waals surface area contributed by atoms with Crippen molar-refractivity contribution in [2.24, 2.45) is 0 Å². The van der Waals surface area contributed by atoms with Crippen LogP contribution >= 0.6 is 0 Å². The van der Waals surface area contributed by atoms with E-state index in [1.54, 1.807) is 0 Å². The number of hydrogen-bond donors (Lipinski definition) is 1. The molecule has 65 valence electrons. The van der Waals surface area contributed by atoms with E-state index in [0.717, 1.165) is 11.1 Å². The van der Waals surface area contributed by atoms with Crippen molar-refractivity contribution in [3.8, 4) is 0 Å². The predicted molar refractivity (Wildman–Crippen MR) is 48.4 cm³/mol. The zero-order chi connectivity index (χ0) is 7.68. The maximum Gasteiger partial charge on any atom is 0.0393 e. The topological polar surface area (TPSA) is 26.0 Å². The molecule has 0 saturated carbocycles. The number of hydrogen-bond acceptors (Lipinski definition) is 1. The van der Waals surface area contributed by atoms with Crippen LogP contribution in [0.4, 0.5) is 5.69 Å². The van der Waals surface area contributed by atoms with E-state index in [4.69, 9.17) is 5.73 Å². The summed E-state index contributed by atoms with van der Waals surface area (Å²) in [6.45, 7) is 0. The zero-order valence-corrected chi connectivity index (χ0v) is 7.36. The summed E-state index contributed by atoms with van der Waals surface area (Å²) in [6.07, 6.45) is 0. The molecule has 2 heteroatoms. The van der Waals surface area contributed by atoms with Crippen LogP contribution in [0.25, 0.3) is 10.8 Å². The maximum absolute atomic E-state index is 5.76. The van der Waals surface area contributed by atoms with Crippen LogP contribution in [-0.2, 0) is 17.1 Å². The Hall–Kier alpha value is -0.981. The van der Waals surface area contributed by atoms with Crippen molar-refractivity contribution in [3.05, 3.63) is 42.5 Å². The molecule has 0 aliphatic heterocycles. The van der Waals surface area contributed by atoms with Gasteiger partial charge >= 0.3 is 0 Å². The van der Waals surface area contributed by atoms with Gasteiger partial charge in [-0.2, -0.15) is 0 Å². The summed E-state index contributed by atoms with van der Waals surface area (Å²) in [7, 11) is 0. The van der Waals surface area contributed by atoms with Gasteiger partial charge in [-0.25, -0.2) is 0 Å². The van der Waals surface area contributed by atoms with E-state index in [2.05, 4.69) is 12.1 Å². The molecular formula is C10H9CuN. The number of rotatable bonds is 0. The normalized spacial score (nSPS) is 9.33. The summed E-state index contributed by atoms with van der Waals surface area (Å²) < 4.78 is 0. The number of benzene rings is 2. The zero-order valence-electron chi connectivity index (χ0n) is 6.42. The Bertz CT molecular complexity index is 379. The van der Waals surface area contributed by atoms with Crippen LogP contribution in [0.3, 0.4) is 0 Å². The molecule has 0 saturated heterocycles. The van der Waals surface area contributed by atoms with Gasteiger partial charge in [0.1, 0.15) is 0 Å². The molecule has 2 aromatic carbocycles. The molecule has 2 N–H and O–H groups in total. The Morgan fingerprint density at radius 1 is 0.833 bits per heavy atom. The van der Waals surface area contributed by atoms with Crippen molar-refractivity contribution in [1.82, 2.24) is 0 Å². The smallest absolute Gasteiger partial charge is 0.0393 e. The van der Waals surface area contributed by atoms with Crippen LogP contribution in [0.1, 0.15) is 0 Å². The molecule has 1 radical (unpaired) electrons. The largest absolute Gasteiger partial charge is 0.398 e. The number of nitrogens with two attached hydrogens (primary N) is 1. The molecule has 12 heavy (non-hydrogen) atoms. The van der Waals surface area contributed by atoms with E-state index in [0.29, 0.717) is 0 Å². The van der Waals surface area contributed by atoms with Gasteiger partial charge in [-0.3, -0.25) is 0 Å². The van der Waals surface area contributed by atoms with Gasteiger partial charge in [0.2, 0.25) is 0 Å². The fourth-order valence-corrected chi connectivity index (χ4v) is 1.25. The average Bonchev–Trinajstić information content (AvgIpc) is 2.06. The molecule has 0 aliphatic rings. The Morgan fingerprint density at radius 2 is 1.50 bits per heavy atom. The molecule has 0 heterocycles. The quantitative estimate of drug-likeness (QED) is 0.520. The molecule has 2 rings (SSSR count). The van der Waals surface area contributed by atoms with Crippen LogP contribution in [0.15, 0.2) is 42.5 Å². The molecule has 0 aliphatic carbocycles. The second kappa shape index (κ2) is 3.61. The van der Waals surface area contributed by atoms with Crippen molar-refractivity contribution in [1.29, 1.82) is 0 Å². The van der Waals surface area contributed by atoms with E-state index < -0.39 is 0 Å². The standard InChI is InChI=1S/C10H9N.Cu/c11-10-7-3-5-8-4-1-2-6-9(8)10;/h1-7H,11H2;. The van der Waals surface area contributed by atoms with Gasteiger partial charge < -0.3 is 5.73 Å². The van der Waals surface area contributed by atoms with Gasteiger partial charge in [-0.15, -0.1) is 0 Å². The second-order valence-electron chi connectivity index (χ2n) is 2.57. The van der Waals surface area contributed by atoms with Crippen molar-refractivity contribution >= 4 is 16.5 Å². The van der Waals surface area contributed by atoms with Crippen LogP contribution in [0.5, 0.6) is 0 Å². The van der Waals surface area contributed by atoms with Gasteiger partial charge in [0.15, 0.2) is 0 Å². The Balaban J connectivity index is 0.000000720. The molecule has 0 unspecified atom stereocenters. The summed E-state index contributed by atoms with van der Waals surface area (Å²) in [4.78, 5) is 0.